The summed E-state index contributed by atoms with van der Waals surface area (Å²) >= 11 is 6.15. The lowest BCUT2D eigenvalue weighted by Gasteiger charge is -2.24. The number of aryl methyl sites for hydroxylation is 1. The lowest BCUT2D eigenvalue weighted by atomic mass is 9.84. The Morgan fingerprint density at radius 1 is 1.29 bits per heavy atom. The molecule has 0 aromatic heterocycles. The lowest BCUT2D eigenvalue weighted by molar-refractivity contribution is 0.287. The van der Waals surface area contributed by atoms with Gasteiger partial charge in [0, 0.05) is 17.2 Å². The minimum Gasteiger partial charge on any atom is -0.496 e. The third-order valence-electron chi connectivity index (χ3n) is 2.75. The van der Waals surface area contributed by atoms with Crippen molar-refractivity contribution in [1.82, 2.24) is 0 Å². The topological polar surface area (TPSA) is 29.5 Å². The van der Waals surface area contributed by atoms with Crippen molar-refractivity contribution >= 4 is 11.6 Å². The molecule has 96 valence electrons. The number of rotatable bonds is 4. The minimum absolute atomic E-state index is 0.00971. The van der Waals surface area contributed by atoms with Crippen LogP contribution in [0, 0.1) is 0 Å². The summed E-state index contributed by atoms with van der Waals surface area (Å²) in [5.41, 5.74) is 2.17. The molecule has 0 fully saturated rings. The van der Waals surface area contributed by atoms with E-state index in [2.05, 4.69) is 20.8 Å². The normalized spacial score (nSPS) is 11.6. The highest BCUT2D eigenvalue weighted by Gasteiger charge is 2.21. The van der Waals surface area contributed by atoms with Crippen LogP contribution in [0.3, 0.4) is 0 Å². The fourth-order valence-electron chi connectivity index (χ4n) is 1.90. The monoisotopic (exact) mass is 256 g/mol. The first-order chi connectivity index (χ1) is 7.90. The predicted octanol–water partition coefficient (Wildman–Crippen LogP) is 3.57. The molecule has 0 aliphatic rings. The van der Waals surface area contributed by atoms with Crippen LogP contribution in [-0.2, 0) is 11.8 Å². The molecule has 0 radical (unpaired) electrons. The van der Waals surface area contributed by atoms with Crippen LogP contribution in [0.25, 0.3) is 0 Å². The van der Waals surface area contributed by atoms with E-state index in [9.17, 15) is 0 Å². The van der Waals surface area contributed by atoms with E-state index in [0.29, 0.717) is 0 Å². The quantitative estimate of drug-likeness (QED) is 0.893. The number of benzene rings is 1. The fraction of sp³-hybridized carbons (Fsp3) is 0.571. The van der Waals surface area contributed by atoms with Gasteiger partial charge in [0.2, 0.25) is 0 Å². The predicted molar refractivity (Wildman–Crippen MR) is 72.1 cm³/mol. The zero-order valence-electron chi connectivity index (χ0n) is 11.0. The van der Waals surface area contributed by atoms with Crippen LogP contribution in [0.5, 0.6) is 5.75 Å². The maximum atomic E-state index is 8.92. The van der Waals surface area contributed by atoms with Gasteiger partial charge in [0.05, 0.1) is 7.11 Å². The van der Waals surface area contributed by atoms with Crippen LogP contribution in [0.1, 0.15) is 38.3 Å². The van der Waals surface area contributed by atoms with E-state index >= 15 is 0 Å². The van der Waals surface area contributed by atoms with E-state index in [4.69, 9.17) is 21.4 Å². The Balaban J connectivity index is 3.25. The molecule has 1 aromatic rings. The van der Waals surface area contributed by atoms with Crippen molar-refractivity contribution in [2.45, 2.75) is 39.0 Å². The van der Waals surface area contributed by atoms with Crippen molar-refractivity contribution in [2.75, 3.05) is 13.7 Å². The van der Waals surface area contributed by atoms with Gasteiger partial charge in [0.25, 0.3) is 0 Å². The Morgan fingerprint density at radius 2 is 1.94 bits per heavy atom. The second-order valence-corrected chi connectivity index (χ2v) is 5.66. The molecule has 2 nitrogen and oxygen atoms in total. The average Bonchev–Trinajstić information content (AvgIpc) is 2.24. The van der Waals surface area contributed by atoms with E-state index in [1.165, 1.54) is 0 Å². The van der Waals surface area contributed by atoms with Gasteiger partial charge in [0.15, 0.2) is 0 Å². The molecule has 0 unspecified atom stereocenters. The maximum absolute atomic E-state index is 8.92. The van der Waals surface area contributed by atoms with Gasteiger partial charge >= 0.3 is 0 Å². The molecular weight excluding hydrogens is 236 g/mol. The molecule has 0 spiro atoms. The van der Waals surface area contributed by atoms with Gasteiger partial charge in [-0.2, -0.15) is 0 Å². The summed E-state index contributed by atoms with van der Waals surface area (Å²) in [6.45, 7) is 6.59. The molecule has 17 heavy (non-hydrogen) atoms. The molecule has 0 saturated carbocycles. The molecule has 1 aromatic carbocycles. The highest BCUT2D eigenvalue weighted by atomic mass is 35.5. The van der Waals surface area contributed by atoms with Gasteiger partial charge in [-0.15, -0.1) is 0 Å². The minimum atomic E-state index is -0.00971. The molecule has 0 aliphatic heterocycles. The summed E-state index contributed by atoms with van der Waals surface area (Å²) < 4.78 is 5.51. The number of hydrogen-bond acceptors (Lipinski definition) is 2. The van der Waals surface area contributed by atoms with E-state index < -0.39 is 0 Å². The Kier molecular flexibility index (Phi) is 4.84. The molecule has 0 saturated heterocycles. The SMILES string of the molecule is COc1c(CCCO)cc(Cl)cc1C(C)(C)C. The Morgan fingerprint density at radius 3 is 2.41 bits per heavy atom. The summed E-state index contributed by atoms with van der Waals surface area (Å²) in [5.74, 6) is 0.898. The van der Waals surface area contributed by atoms with Crippen molar-refractivity contribution < 1.29 is 9.84 Å². The Bertz CT molecular complexity index is 381. The summed E-state index contributed by atoms with van der Waals surface area (Å²) in [4.78, 5) is 0. The Labute approximate surface area is 109 Å². The van der Waals surface area contributed by atoms with Crippen LogP contribution in [0.15, 0.2) is 12.1 Å². The number of aliphatic hydroxyl groups is 1. The van der Waals surface area contributed by atoms with Gasteiger partial charge < -0.3 is 9.84 Å². The zero-order valence-corrected chi connectivity index (χ0v) is 11.8. The summed E-state index contributed by atoms with van der Waals surface area (Å²) in [7, 11) is 1.68. The van der Waals surface area contributed by atoms with Gasteiger partial charge in [-0.3, -0.25) is 0 Å². The maximum Gasteiger partial charge on any atom is 0.125 e. The van der Waals surface area contributed by atoms with Crippen molar-refractivity contribution in [3.05, 3.63) is 28.3 Å². The third kappa shape index (κ3) is 3.62. The van der Waals surface area contributed by atoms with Gasteiger partial charge in [-0.1, -0.05) is 32.4 Å². The van der Waals surface area contributed by atoms with Crippen LogP contribution in [-0.4, -0.2) is 18.8 Å². The first-order valence-corrected chi connectivity index (χ1v) is 6.25. The average molecular weight is 257 g/mol. The van der Waals surface area contributed by atoms with Crippen LogP contribution < -0.4 is 4.74 Å². The number of methoxy groups -OCH3 is 1. The van der Waals surface area contributed by atoms with E-state index in [1.807, 2.05) is 12.1 Å². The van der Waals surface area contributed by atoms with E-state index in [-0.39, 0.29) is 12.0 Å². The number of halogens is 1. The largest absolute Gasteiger partial charge is 0.496 e. The smallest absolute Gasteiger partial charge is 0.125 e. The van der Waals surface area contributed by atoms with E-state index in [1.54, 1.807) is 7.11 Å². The van der Waals surface area contributed by atoms with Gasteiger partial charge in [-0.05, 0) is 36.0 Å². The molecule has 0 amide bonds. The first kappa shape index (κ1) is 14.3. The van der Waals surface area contributed by atoms with Crippen molar-refractivity contribution in [1.29, 1.82) is 0 Å². The second kappa shape index (κ2) is 5.74. The van der Waals surface area contributed by atoms with Gasteiger partial charge in [0.1, 0.15) is 5.75 Å². The molecule has 1 rings (SSSR count). The van der Waals surface area contributed by atoms with Crippen LogP contribution in [0.2, 0.25) is 5.02 Å². The third-order valence-corrected chi connectivity index (χ3v) is 2.97. The molecule has 0 bridgehead atoms. The highest BCUT2D eigenvalue weighted by molar-refractivity contribution is 6.30. The summed E-state index contributed by atoms with van der Waals surface area (Å²) in [6, 6.07) is 3.88. The fourth-order valence-corrected chi connectivity index (χ4v) is 2.14. The van der Waals surface area contributed by atoms with Crippen molar-refractivity contribution in [2.24, 2.45) is 0 Å². The number of aliphatic hydroxyl groups excluding tert-OH is 1. The molecule has 0 heterocycles. The van der Waals surface area contributed by atoms with Gasteiger partial charge in [-0.25, -0.2) is 0 Å². The van der Waals surface area contributed by atoms with Crippen molar-refractivity contribution in [3.8, 4) is 5.75 Å². The van der Waals surface area contributed by atoms with Crippen LogP contribution >= 0.6 is 11.6 Å². The first-order valence-electron chi connectivity index (χ1n) is 5.88. The molecule has 3 heteroatoms. The number of hydrogen-bond donors (Lipinski definition) is 1. The molecule has 0 aliphatic carbocycles. The summed E-state index contributed by atoms with van der Waals surface area (Å²) in [6.07, 6.45) is 1.50. The zero-order chi connectivity index (χ0) is 13.1. The molecule has 0 atom stereocenters. The van der Waals surface area contributed by atoms with E-state index in [0.717, 1.165) is 34.7 Å². The second-order valence-electron chi connectivity index (χ2n) is 5.22. The van der Waals surface area contributed by atoms with Crippen LogP contribution in [0.4, 0.5) is 0 Å². The highest BCUT2D eigenvalue weighted by Crippen LogP contribution is 2.37. The lowest BCUT2D eigenvalue weighted by Crippen LogP contribution is -2.14. The summed E-state index contributed by atoms with van der Waals surface area (Å²) in [5, 5.41) is 9.64. The Hall–Kier alpha value is -0.730. The number of ether oxygens (including phenoxy) is 1. The molecule has 1 N–H and O–H groups in total. The molecular formula is C14H21ClO2. The standard InChI is InChI=1S/C14H21ClO2/c1-14(2,3)12-9-11(15)8-10(6-5-7-16)13(12)17-4/h8-9,16H,5-7H2,1-4H3. The van der Waals surface area contributed by atoms with Crippen molar-refractivity contribution in [3.63, 3.8) is 0 Å².